The summed E-state index contributed by atoms with van der Waals surface area (Å²) in [5.41, 5.74) is -3.06. The van der Waals surface area contributed by atoms with Crippen molar-refractivity contribution >= 4 is 21.9 Å². The van der Waals surface area contributed by atoms with E-state index in [9.17, 15) is 26.3 Å². The highest BCUT2D eigenvalue weighted by molar-refractivity contribution is 6.07. The van der Waals surface area contributed by atoms with Gasteiger partial charge in [0.05, 0.1) is 5.56 Å². The molecule has 3 rings (SSSR count). The highest BCUT2D eigenvalue weighted by Gasteiger charge is 2.40. The summed E-state index contributed by atoms with van der Waals surface area (Å²) in [6.07, 6.45) is -9.86. The first-order valence-electron chi connectivity index (χ1n) is 5.74. The molecule has 110 valence electrons. The zero-order chi connectivity index (χ0) is 15.4. The van der Waals surface area contributed by atoms with Gasteiger partial charge < -0.3 is 4.98 Å². The molecule has 0 fully saturated rings. The molecule has 0 atom stereocenters. The number of hydrogen-bond acceptors (Lipinski definition) is 1. The van der Waals surface area contributed by atoms with Gasteiger partial charge in [0, 0.05) is 16.3 Å². The van der Waals surface area contributed by atoms with Crippen LogP contribution >= 0.6 is 0 Å². The molecule has 2 aromatic heterocycles. The van der Waals surface area contributed by atoms with Crippen LogP contribution < -0.4 is 0 Å². The minimum absolute atomic E-state index is 0.0443. The molecule has 3 aromatic rings. The first-order valence-corrected chi connectivity index (χ1v) is 5.74. The molecule has 2 heterocycles. The van der Waals surface area contributed by atoms with Crippen molar-refractivity contribution in [3.63, 3.8) is 0 Å². The van der Waals surface area contributed by atoms with Gasteiger partial charge in [-0.1, -0.05) is 18.2 Å². The molecular formula is C13H6F6N2. The lowest BCUT2D eigenvalue weighted by atomic mass is 10.1. The number of pyridine rings is 1. The van der Waals surface area contributed by atoms with Crippen LogP contribution in [0.4, 0.5) is 26.3 Å². The summed E-state index contributed by atoms with van der Waals surface area (Å²) in [6, 6.07) is 5.99. The first-order chi connectivity index (χ1) is 9.68. The summed E-state index contributed by atoms with van der Waals surface area (Å²) in [7, 11) is 0. The molecule has 0 unspecified atom stereocenters. The third-order valence-corrected chi connectivity index (χ3v) is 3.06. The maximum Gasteiger partial charge on any atom is 0.433 e. The predicted molar refractivity (Wildman–Crippen MR) is 63.6 cm³/mol. The van der Waals surface area contributed by atoms with Crippen LogP contribution in [0, 0.1) is 0 Å². The number of nitrogens with zero attached hydrogens (tertiary/aromatic N) is 1. The highest BCUT2D eigenvalue weighted by Crippen LogP contribution is 2.40. The SMILES string of the molecule is FC(F)(F)c1cc(C(F)(F)F)c2c(n1)[nH]c1ccccc12. The Kier molecular flexibility index (Phi) is 2.69. The number of aromatic amines is 1. The van der Waals surface area contributed by atoms with E-state index in [1.807, 2.05) is 0 Å². The second-order valence-electron chi connectivity index (χ2n) is 4.44. The fourth-order valence-electron chi connectivity index (χ4n) is 2.21. The summed E-state index contributed by atoms with van der Waals surface area (Å²) in [6.45, 7) is 0. The second kappa shape index (κ2) is 4.12. The molecule has 21 heavy (non-hydrogen) atoms. The van der Waals surface area contributed by atoms with E-state index in [0.29, 0.717) is 5.52 Å². The summed E-state index contributed by atoms with van der Waals surface area (Å²) in [5, 5.41) is -0.174. The van der Waals surface area contributed by atoms with E-state index >= 15 is 0 Å². The Bertz CT molecular complexity index is 828. The molecule has 0 saturated heterocycles. The number of rotatable bonds is 0. The average molecular weight is 304 g/mol. The van der Waals surface area contributed by atoms with Gasteiger partial charge in [-0.25, -0.2) is 4.98 Å². The van der Waals surface area contributed by atoms with Crippen LogP contribution in [-0.2, 0) is 12.4 Å². The number of alkyl halides is 6. The lowest BCUT2D eigenvalue weighted by molar-refractivity contribution is -0.144. The molecule has 0 amide bonds. The van der Waals surface area contributed by atoms with Crippen LogP contribution in [0.1, 0.15) is 11.3 Å². The van der Waals surface area contributed by atoms with Crippen LogP contribution in [0.2, 0.25) is 0 Å². The summed E-state index contributed by atoms with van der Waals surface area (Å²) in [4.78, 5) is 5.77. The minimum Gasteiger partial charge on any atom is -0.339 e. The molecule has 1 aromatic carbocycles. The maximum absolute atomic E-state index is 13.1. The smallest absolute Gasteiger partial charge is 0.339 e. The van der Waals surface area contributed by atoms with Crippen molar-refractivity contribution in [3.05, 3.63) is 41.6 Å². The topological polar surface area (TPSA) is 28.7 Å². The van der Waals surface area contributed by atoms with Crippen LogP contribution in [-0.4, -0.2) is 9.97 Å². The van der Waals surface area contributed by atoms with E-state index in [0.717, 1.165) is 0 Å². The molecule has 0 radical (unpaired) electrons. The van der Waals surface area contributed by atoms with Crippen molar-refractivity contribution < 1.29 is 26.3 Å². The summed E-state index contributed by atoms with van der Waals surface area (Å²) >= 11 is 0. The zero-order valence-corrected chi connectivity index (χ0v) is 10.1. The molecule has 0 aliphatic heterocycles. The van der Waals surface area contributed by atoms with Gasteiger partial charge in [-0.15, -0.1) is 0 Å². The number of para-hydroxylation sites is 1. The van der Waals surface area contributed by atoms with Crippen molar-refractivity contribution in [2.45, 2.75) is 12.4 Å². The van der Waals surface area contributed by atoms with Gasteiger partial charge >= 0.3 is 12.4 Å². The lowest BCUT2D eigenvalue weighted by Gasteiger charge is -2.12. The van der Waals surface area contributed by atoms with Gasteiger partial charge in [-0.05, 0) is 12.1 Å². The van der Waals surface area contributed by atoms with Crippen molar-refractivity contribution in [3.8, 4) is 0 Å². The number of hydrogen-bond donors (Lipinski definition) is 1. The standard InChI is InChI=1S/C13H6F6N2/c14-12(15,16)7-5-9(13(17,18)19)21-11-10(7)6-3-1-2-4-8(6)20-11/h1-5H,(H,20,21). The van der Waals surface area contributed by atoms with Gasteiger partial charge in [0.1, 0.15) is 11.3 Å². The summed E-state index contributed by atoms with van der Waals surface area (Å²) in [5.74, 6) is 0. The Balaban J connectivity index is 2.48. The predicted octanol–water partition coefficient (Wildman–Crippen LogP) is 4.75. The van der Waals surface area contributed by atoms with E-state index in [1.165, 1.54) is 18.2 Å². The maximum atomic E-state index is 13.1. The number of nitrogens with one attached hydrogen (secondary N) is 1. The highest BCUT2D eigenvalue weighted by atomic mass is 19.4. The van der Waals surface area contributed by atoms with Crippen LogP contribution in [0.15, 0.2) is 30.3 Å². The van der Waals surface area contributed by atoms with Crippen molar-refractivity contribution in [1.29, 1.82) is 0 Å². The quantitative estimate of drug-likeness (QED) is 0.596. The van der Waals surface area contributed by atoms with Crippen molar-refractivity contribution in [2.75, 3.05) is 0 Å². The van der Waals surface area contributed by atoms with Crippen LogP contribution in [0.5, 0.6) is 0 Å². The number of benzene rings is 1. The van der Waals surface area contributed by atoms with Crippen LogP contribution in [0.25, 0.3) is 21.9 Å². The molecule has 0 bridgehead atoms. The Morgan fingerprint density at radius 3 is 2.19 bits per heavy atom. The Morgan fingerprint density at radius 2 is 1.57 bits per heavy atom. The van der Waals surface area contributed by atoms with Gasteiger partial charge in [0.2, 0.25) is 0 Å². The first kappa shape index (κ1) is 13.7. The molecule has 0 saturated carbocycles. The molecule has 0 aliphatic rings. The fraction of sp³-hybridized carbons (Fsp3) is 0.154. The Hall–Kier alpha value is -2.25. The van der Waals surface area contributed by atoms with Gasteiger partial charge in [-0.3, -0.25) is 0 Å². The molecule has 2 nitrogen and oxygen atoms in total. The zero-order valence-electron chi connectivity index (χ0n) is 10.1. The Labute approximate surface area is 113 Å². The molecular weight excluding hydrogens is 298 g/mol. The van der Waals surface area contributed by atoms with Crippen molar-refractivity contribution in [1.82, 2.24) is 9.97 Å². The van der Waals surface area contributed by atoms with E-state index in [4.69, 9.17) is 0 Å². The van der Waals surface area contributed by atoms with Crippen LogP contribution in [0.3, 0.4) is 0 Å². The number of aromatic nitrogens is 2. The average Bonchev–Trinajstić information content (AvgIpc) is 2.73. The minimum atomic E-state index is -4.95. The third kappa shape index (κ3) is 2.20. The number of halogens is 6. The lowest BCUT2D eigenvalue weighted by Crippen LogP contribution is -2.13. The normalized spacial score (nSPS) is 13.2. The second-order valence-corrected chi connectivity index (χ2v) is 4.44. The molecule has 1 N–H and O–H groups in total. The molecule has 0 spiro atoms. The van der Waals surface area contributed by atoms with Crippen molar-refractivity contribution in [2.24, 2.45) is 0 Å². The van der Waals surface area contributed by atoms with Gasteiger partial charge in [-0.2, -0.15) is 26.3 Å². The Morgan fingerprint density at radius 1 is 0.905 bits per heavy atom. The van der Waals surface area contributed by atoms with Gasteiger partial charge in [0.25, 0.3) is 0 Å². The largest absolute Gasteiger partial charge is 0.433 e. The monoisotopic (exact) mass is 304 g/mol. The number of H-pyrrole nitrogens is 1. The van der Waals surface area contributed by atoms with E-state index < -0.39 is 29.3 Å². The molecule has 8 heteroatoms. The van der Waals surface area contributed by atoms with Gasteiger partial charge in [0.15, 0.2) is 0 Å². The van der Waals surface area contributed by atoms with E-state index in [2.05, 4.69) is 9.97 Å². The van der Waals surface area contributed by atoms with E-state index in [1.54, 1.807) is 6.07 Å². The summed E-state index contributed by atoms with van der Waals surface area (Å²) < 4.78 is 77.3. The fourth-order valence-corrected chi connectivity index (χ4v) is 2.21. The number of fused-ring (bicyclic) bond motifs is 3. The molecule has 0 aliphatic carbocycles. The van der Waals surface area contributed by atoms with E-state index in [-0.39, 0.29) is 16.8 Å². The third-order valence-electron chi connectivity index (χ3n) is 3.06.